The van der Waals surface area contributed by atoms with E-state index in [9.17, 15) is 5.26 Å². The van der Waals surface area contributed by atoms with Gasteiger partial charge in [0.15, 0.2) is 0 Å². The number of allylic oxidation sites excluding steroid dienone is 1. The number of imidazole rings is 1. The van der Waals surface area contributed by atoms with Crippen molar-refractivity contribution < 1.29 is 4.74 Å². The number of fused-ring (bicyclic) bond motifs is 1. The van der Waals surface area contributed by atoms with Gasteiger partial charge in [-0.1, -0.05) is 35.9 Å². The average molecular weight is 558 g/mol. The van der Waals surface area contributed by atoms with Gasteiger partial charge in [-0.05, 0) is 86.3 Å². The van der Waals surface area contributed by atoms with Crippen molar-refractivity contribution in [3.8, 4) is 11.8 Å². The maximum atomic E-state index is 9.71. The van der Waals surface area contributed by atoms with Crippen LogP contribution >= 0.6 is 43.5 Å². The van der Waals surface area contributed by atoms with E-state index in [0.29, 0.717) is 28.8 Å². The first-order chi connectivity index (χ1) is 14.9. The van der Waals surface area contributed by atoms with E-state index in [1.54, 1.807) is 6.08 Å². The number of H-pyrrole nitrogens is 1. The second kappa shape index (κ2) is 9.27. The number of halogens is 3. The normalized spacial score (nSPS) is 11.5. The third-order valence-corrected chi connectivity index (χ3v) is 6.22. The zero-order chi connectivity index (χ0) is 22.0. The lowest BCUT2D eigenvalue weighted by atomic mass is 10.1. The lowest BCUT2D eigenvalue weighted by Crippen LogP contribution is -1.98. The predicted molar refractivity (Wildman–Crippen MR) is 132 cm³/mol. The van der Waals surface area contributed by atoms with Crippen LogP contribution in [0.25, 0.3) is 22.7 Å². The van der Waals surface area contributed by atoms with Crippen molar-refractivity contribution in [2.24, 2.45) is 0 Å². The third-order valence-electron chi connectivity index (χ3n) is 4.67. The van der Waals surface area contributed by atoms with Gasteiger partial charge in [0, 0.05) is 10.6 Å². The van der Waals surface area contributed by atoms with Crippen LogP contribution in [-0.4, -0.2) is 9.97 Å². The molecule has 0 spiro atoms. The lowest BCUT2D eigenvalue weighted by molar-refractivity contribution is 0.302. The van der Waals surface area contributed by atoms with E-state index in [4.69, 9.17) is 16.3 Å². The van der Waals surface area contributed by atoms with Crippen LogP contribution in [0.15, 0.2) is 63.5 Å². The quantitative estimate of drug-likeness (QED) is 0.256. The highest BCUT2D eigenvalue weighted by Gasteiger charge is 2.12. The number of ether oxygens (including phenoxy) is 1. The minimum Gasteiger partial charge on any atom is -0.486 e. The fourth-order valence-corrected chi connectivity index (χ4v) is 4.78. The maximum absolute atomic E-state index is 9.71. The molecule has 1 aromatic heterocycles. The first-order valence-corrected chi connectivity index (χ1v) is 11.3. The summed E-state index contributed by atoms with van der Waals surface area (Å²) in [7, 11) is 0. The van der Waals surface area contributed by atoms with Crippen molar-refractivity contribution in [2.45, 2.75) is 13.5 Å². The lowest BCUT2D eigenvalue weighted by Gasteiger charge is -2.12. The molecule has 0 aliphatic heterocycles. The van der Waals surface area contributed by atoms with E-state index in [-0.39, 0.29) is 0 Å². The zero-order valence-electron chi connectivity index (χ0n) is 16.4. The Hall–Kier alpha value is -2.59. The molecule has 0 atom stereocenters. The molecule has 0 saturated heterocycles. The minimum atomic E-state index is 0.341. The van der Waals surface area contributed by atoms with Crippen LogP contribution in [0, 0.1) is 18.3 Å². The molecule has 4 rings (SSSR count). The molecule has 1 heterocycles. The summed E-state index contributed by atoms with van der Waals surface area (Å²) >= 11 is 13.4. The van der Waals surface area contributed by atoms with Crippen LogP contribution in [0.5, 0.6) is 5.75 Å². The van der Waals surface area contributed by atoms with Gasteiger partial charge in [0.05, 0.1) is 25.6 Å². The van der Waals surface area contributed by atoms with Crippen LogP contribution in [0.2, 0.25) is 5.02 Å². The van der Waals surface area contributed by atoms with E-state index in [0.717, 1.165) is 36.7 Å². The number of benzene rings is 3. The van der Waals surface area contributed by atoms with E-state index >= 15 is 0 Å². The molecule has 1 N–H and O–H groups in total. The zero-order valence-corrected chi connectivity index (χ0v) is 20.3. The second-order valence-corrected chi connectivity index (χ2v) is 9.09. The summed E-state index contributed by atoms with van der Waals surface area (Å²) in [6, 6.07) is 19.6. The number of aromatic amines is 1. The topological polar surface area (TPSA) is 61.7 Å². The molecule has 4 aromatic rings. The number of nitrogens with one attached hydrogen (secondary N) is 1. The monoisotopic (exact) mass is 555 g/mol. The van der Waals surface area contributed by atoms with Crippen LogP contribution < -0.4 is 4.74 Å². The largest absolute Gasteiger partial charge is 0.486 e. The van der Waals surface area contributed by atoms with Gasteiger partial charge in [-0.25, -0.2) is 4.98 Å². The molecular formula is C24H16Br2ClN3O. The van der Waals surface area contributed by atoms with Gasteiger partial charge < -0.3 is 9.72 Å². The third kappa shape index (κ3) is 4.85. The van der Waals surface area contributed by atoms with Gasteiger partial charge in [0.2, 0.25) is 0 Å². The first kappa shape index (κ1) is 21.6. The molecular weight excluding hydrogens is 542 g/mol. The Morgan fingerprint density at radius 1 is 1.16 bits per heavy atom. The van der Waals surface area contributed by atoms with Crippen molar-refractivity contribution in [2.75, 3.05) is 0 Å². The number of nitriles is 1. The molecule has 7 heteroatoms. The molecule has 0 radical (unpaired) electrons. The standard InChI is InChI=1S/C24H16Br2ClN3O/c1-14-6-7-21-22(8-14)30-24(29-21)17(12-28)9-15-10-18(25)23(19(26)11-15)31-13-16-4-2-3-5-20(16)27/h2-11H,13H2,1H3,(H,29,30)/b17-9-. The number of aryl methyl sites for hydroxylation is 1. The van der Waals surface area contributed by atoms with E-state index < -0.39 is 0 Å². The average Bonchev–Trinajstić information content (AvgIpc) is 3.15. The van der Waals surface area contributed by atoms with Gasteiger partial charge in [0.25, 0.3) is 0 Å². The summed E-state index contributed by atoms with van der Waals surface area (Å²) in [6.45, 7) is 2.36. The van der Waals surface area contributed by atoms with Crippen molar-refractivity contribution in [1.82, 2.24) is 9.97 Å². The molecule has 154 valence electrons. The van der Waals surface area contributed by atoms with Gasteiger partial charge in [-0.15, -0.1) is 0 Å². The van der Waals surface area contributed by atoms with Gasteiger partial charge in [-0.3, -0.25) is 0 Å². The summed E-state index contributed by atoms with van der Waals surface area (Å²) < 4.78 is 7.50. The Morgan fingerprint density at radius 2 is 1.90 bits per heavy atom. The molecule has 0 amide bonds. The van der Waals surface area contributed by atoms with E-state index in [2.05, 4.69) is 47.9 Å². The van der Waals surface area contributed by atoms with Crippen molar-refractivity contribution in [1.29, 1.82) is 5.26 Å². The molecule has 0 unspecified atom stereocenters. The minimum absolute atomic E-state index is 0.341. The second-order valence-electron chi connectivity index (χ2n) is 6.97. The summed E-state index contributed by atoms with van der Waals surface area (Å²) in [5.41, 5.74) is 5.04. The molecule has 0 saturated carbocycles. The van der Waals surface area contributed by atoms with Crippen LogP contribution in [0.3, 0.4) is 0 Å². The fourth-order valence-electron chi connectivity index (χ4n) is 3.14. The summed E-state index contributed by atoms with van der Waals surface area (Å²) in [5.74, 6) is 1.20. The van der Waals surface area contributed by atoms with Crippen molar-refractivity contribution in [3.05, 3.63) is 91.1 Å². The van der Waals surface area contributed by atoms with Gasteiger partial charge >= 0.3 is 0 Å². The smallest absolute Gasteiger partial charge is 0.149 e. The highest BCUT2D eigenvalue weighted by molar-refractivity contribution is 9.11. The first-order valence-electron chi connectivity index (χ1n) is 9.38. The van der Waals surface area contributed by atoms with Crippen LogP contribution in [0.4, 0.5) is 0 Å². The Kier molecular flexibility index (Phi) is 6.47. The maximum Gasteiger partial charge on any atom is 0.149 e. The molecule has 31 heavy (non-hydrogen) atoms. The van der Waals surface area contributed by atoms with Gasteiger partial charge in [-0.2, -0.15) is 5.26 Å². The van der Waals surface area contributed by atoms with Crippen molar-refractivity contribution in [3.63, 3.8) is 0 Å². The number of hydrogen-bond donors (Lipinski definition) is 1. The summed E-state index contributed by atoms with van der Waals surface area (Å²) in [4.78, 5) is 7.78. The predicted octanol–water partition coefficient (Wildman–Crippen LogP) is 7.69. The number of hydrogen-bond acceptors (Lipinski definition) is 3. The molecule has 0 aliphatic carbocycles. The Bertz CT molecular complexity index is 1330. The summed E-state index contributed by atoms with van der Waals surface area (Å²) in [6.07, 6.45) is 1.79. The van der Waals surface area contributed by atoms with Crippen LogP contribution in [0.1, 0.15) is 22.5 Å². The highest BCUT2D eigenvalue weighted by atomic mass is 79.9. The Balaban J connectivity index is 1.62. The van der Waals surface area contributed by atoms with E-state index in [1.807, 2.05) is 61.5 Å². The molecule has 4 nitrogen and oxygen atoms in total. The Labute approximate surface area is 201 Å². The number of nitrogens with zero attached hydrogens (tertiary/aromatic N) is 2. The SMILES string of the molecule is Cc1ccc2nc(/C(C#N)=C\c3cc(Br)c(OCc4ccccc4Cl)c(Br)c3)[nH]c2c1. The Morgan fingerprint density at radius 3 is 2.61 bits per heavy atom. The van der Waals surface area contributed by atoms with Crippen LogP contribution in [-0.2, 0) is 6.61 Å². The van der Waals surface area contributed by atoms with Gasteiger partial charge in [0.1, 0.15) is 24.3 Å². The molecule has 0 bridgehead atoms. The molecule has 3 aromatic carbocycles. The summed E-state index contributed by atoms with van der Waals surface area (Å²) in [5, 5.41) is 10.4. The fraction of sp³-hybridized carbons (Fsp3) is 0.0833. The highest BCUT2D eigenvalue weighted by Crippen LogP contribution is 2.36. The molecule has 0 fully saturated rings. The molecule has 0 aliphatic rings. The van der Waals surface area contributed by atoms with Crippen molar-refractivity contribution >= 4 is 66.1 Å². The number of aromatic nitrogens is 2. The van der Waals surface area contributed by atoms with E-state index in [1.165, 1.54) is 0 Å². The number of rotatable bonds is 5.